The summed E-state index contributed by atoms with van der Waals surface area (Å²) in [4.78, 5) is 0. The highest BCUT2D eigenvalue weighted by molar-refractivity contribution is 5.24. The highest BCUT2D eigenvalue weighted by atomic mass is 15.3. The first-order valence-electron chi connectivity index (χ1n) is 7.68. The summed E-state index contributed by atoms with van der Waals surface area (Å²) >= 11 is 0. The molecule has 1 aromatic heterocycles. The lowest BCUT2D eigenvalue weighted by Gasteiger charge is -2.09. The molecule has 0 spiro atoms. The molecule has 1 rings (SSSR count). The molecule has 3 heteroatoms. The molecule has 0 aromatic carbocycles. The zero-order valence-corrected chi connectivity index (χ0v) is 13.6. The molecule has 0 amide bonds. The van der Waals surface area contributed by atoms with Crippen molar-refractivity contribution in [1.82, 2.24) is 15.1 Å². The lowest BCUT2D eigenvalue weighted by atomic mass is 10.1. The fraction of sp³-hybridized carbons (Fsp3) is 0.812. The molecule has 0 atom stereocenters. The van der Waals surface area contributed by atoms with Crippen molar-refractivity contribution in [2.75, 3.05) is 6.54 Å². The molecule has 19 heavy (non-hydrogen) atoms. The molecular weight excluding hydrogens is 234 g/mol. The first-order chi connectivity index (χ1) is 8.91. The fourth-order valence-electron chi connectivity index (χ4n) is 2.35. The maximum Gasteiger partial charge on any atom is 0.0628 e. The van der Waals surface area contributed by atoms with Gasteiger partial charge in [0.2, 0.25) is 0 Å². The summed E-state index contributed by atoms with van der Waals surface area (Å²) in [7, 11) is 0. The number of nitrogens with zero attached hydrogens (tertiary/aromatic N) is 2. The Balaban J connectivity index is 2.53. The van der Waals surface area contributed by atoms with Crippen LogP contribution in [-0.2, 0) is 13.0 Å². The van der Waals surface area contributed by atoms with Crippen LogP contribution >= 0.6 is 0 Å². The summed E-state index contributed by atoms with van der Waals surface area (Å²) < 4.78 is 2.19. The van der Waals surface area contributed by atoms with Gasteiger partial charge in [-0.2, -0.15) is 5.10 Å². The van der Waals surface area contributed by atoms with E-state index in [1.165, 1.54) is 29.8 Å². The van der Waals surface area contributed by atoms with Gasteiger partial charge in [0, 0.05) is 18.3 Å². The SMILES string of the molecule is Cc1nn(CCC(C)C)c(C)c1CCCNC(C)C. The Bertz CT molecular complexity index is 378. The molecule has 0 aliphatic heterocycles. The molecule has 0 unspecified atom stereocenters. The first-order valence-corrected chi connectivity index (χ1v) is 7.68. The summed E-state index contributed by atoms with van der Waals surface area (Å²) in [6.07, 6.45) is 3.53. The van der Waals surface area contributed by atoms with Crippen LogP contribution in [0.5, 0.6) is 0 Å². The smallest absolute Gasteiger partial charge is 0.0628 e. The lowest BCUT2D eigenvalue weighted by Crippen LogP contribution is -2.24. The van der Waals surface area contributed by atoms with Gasteiger partial charge in [0.1, 0.15) is 0 Å². The normalized spacial score (nSPS) is 11.8. The first kappa shape index (κ1) is 16.2. The lowest BCUT2D eigenvalue weighted by molar-refractivity contribution is 0.478. The number of rotatable bonds is 8. The predicted octanol–water partition coefficient (Wildman–Crippen LogP) is 3.48. The number of nitrogens with one attached hydrogen (secondary N) is 1. The molecule has 0 radical (unpaired) electrons. The van der Waals surface area contributed by atoms with Crippen LogP contribution in [0.15, 0.2) is 0 Å². The number of aryl methyl sites for hydroxylation is 2. The average Bonchev–Trinajstić information content (AvgIpc) is 2.58. The zero-order chi connectivity index (χ0) is 14.4. The van der Waals surface area contributed by atoms with E-state index in [0.29, 0.717) is 6.04 Å². The van der Waals surface area contributed by atoms with Crippen LogP contribution < -0.4 is 5.32 Å². The van der Waals surface area contributed by atoms with Crippen LogP contribution in [0.1, 0.15) is 57.5 Å². The minimum Gasteiger partial charge on any atom is -0.315 e. The van der Waals surface area contributed by atoms with Gasteiger partial charge in [-0.1, -0.05) is 27.7 Å². The summed E-state index contributed by atoms with van der Waals surface area (Å²) in [6, 6.07) is 0.580. The molecule has 0 aliphatic carbocycles. The highest BCUT2D eigenvalue weighted by Crippen LogP contribution is 2.16. The van der Waals surface area contributed by atoms with Crippen molar-refractivity contribution in [3.8, 4) is 0 Å². The minimum atomic E-state index is 0.580. The van der Waals surface area contributed by atoms with E-state index in [-0.39, 0.29) is 0 Å². The Morgan fingerprint density at radius 2 is 1.84 bits per heavy atom. The van der Waals surface area contributed by atoms with Crippen LogP contribution in [0.25, 0.3) is 0 Å². The van der Waals surface area contributed by atoms with E-state index in [1.807, 2.05) is 0 Å². The van der Waals surface area contributed by atoms with Crippen molar-refractivity contribution in [2.45, 2.75) is 73.4 Å². The standard InChI is InChI=1S/C16H31N3/c1-12(2)9-11-19-15(6)16(14(5)18-19)8-7-10-17-13(3)4/h12-13,17H,7-11H2,1-6H3. The maximum absolute atomic E-state index is 4.69. The monoisotopic (exact) mass is 265 g/mol. The third kappa shape index (κ3) is 5.35. The molecular formula is C16H31N3. The van der Waals surface area contributed by atoms with Crippen molar-refractivity contribution < 1.29 is 0 Å². The van der Waals surface area contributed by atoms with Crippen molar-refractivity contribution in [3.63, 3.8) is 0 Å². The van der Waals surface area contributed by atoms with Gasteiger partial charge in [-0.25, -0.2) is 0 Å². The molecule has 3 nitrogen and oxygen atoms in total. The maximum atomic E-state index is 4.69. The topological polar surface area (TPSA) is 29.9 Å². The van der Waals surface area contributed by atoms with Crippen molar-refractivity contribution in [2.24, 2.45) is 5.92 Å². The largest absolute Gasteiger partial charge is 0.315 e. The van der Waals surface area contributed by atoms with Gasteiger partial charge >= 0.3 is 0 Å². The van der Waals surface area contributed by atoms with Gasteiger partial charge in [0.25, 0.3) is 0 Å². The predicted molar refractivity (Wildman–Crippen MR) is 82.6 cm³/mol. The molecule has 0 bridgehead atoms. The van der Waals surface area contributed by atoms with Crippen LogP contribution in [0, 0.1) is 19.8 Å². The van der Waals surface area contributed by atoms with Crippen LogP contribution in [0.3, 0.4) is 0 Å². The fourth-order valence-corrected chi connectivity index (χ4v) is 2.35. The summed E-state index contributed by atoms with van der Waals surface area (Å²) in [5, 5.41) is 8.17. The van der Waals surface area contributed by atoms with Crippen molar-refractivity contribution >= 4 is 0 Å². The summed E-state index contributed by atoms with van der Waals surface area (Å²) in [6.45, 7) is 15.4. The van der Waals surface area contributed by atoms with E-state index in [4.69, 9.17) is 5.10 Å². The Kier molecular flexibility index (Phi) is 6.56. The quantitative estimate of drug-likeness (QED) is 0.729. The van der Waals surface area contributed by atoms with E-state index in [2.05, 4.69) is 51.5 Å². The van der Waals surface area contributed by atoms with Gasteiger partial charge in [0.05, 0.1) is 5.69 Å². The zero-order valence-electron chi connectivity index (χ0n) is 13.6. The van der Waals surface area contributed by atoms with E-state index < -0.39 is 0 Å². The van der Waals surface area contributed by atoms with Gasteiger partial charge in [-0.15, -0.1) is 0 Å². The third-order valence-electron chi connectivity index (χ3n) is 3.61. The van der Waals surface area contributed by atoms with Gasteiger partial charge < -0.3 is 5.32 Å². The van der Waals surface area contributed by atoms with E-state index in [1.54, 1.807) is 0 Å². The number of hydrogen-bond donors (Lipinski definition) is 1. The molecule has 1 heterocycles. The molecule has 110 valence electrons. The third-order valence-corrected chi connectivity index (χ3v) is 3.61. The molecule has 1 aromatic rings. The Morgan fingerprint density at radius 3 is 2.42 bits per heavy atom. The molecule has 0 fully saturated rings. The molecule has 0 aliphatic rings. The van der Waals surface area contributed by atoms with Gasteiger partial charge in [-0.3, -0.25) is 4.68 Å². The van der Waals surface area contributed by atoms with E-state index in [0.717, 1.165) is 25.4 Å². The minimum absolute atomic E-state index is 0.580. The highest BCUT2D eigenvalue weighted by Gasteiger charge is 2.11. The van der Waals surface area contributed by atoms with E-state index in [9.17, 15) is 0 Å². The van der Waals surface area contributed by atoms with Gasteiger partial charge in [-0.05, 0) is 51.1 Å². The van der Waals surface area contributed by atoms with Crippen LogP contribution in [-0.4, -0.2) is 22.4 Å². The average molecular weight is 265 g/mol. The summed E-state index contributed by atoms with van der Waals surface area (Å²) in [5.74, 6) is 0.739. The molecule has 0 saturated heterocycles. The number of aromatic nitrogens is 2. The molecule has 1 N–H and O–H groups in total. The Hall–Kier alpha value is -0.830. The second-order valence-corrected chi connectivity index (χ2v) is 6.27. The van der Waals surface area contributed by atoms with E-state index >= 15 is 0 Å². The van der Waals surface area contributed by atoms with Crippen molar-refractivity contribution in [3.05, 3.63) is 17.0 Å². The van der Waals surface area contributed by atoms with Gasteiger partial charge in [0.15, 0.2) is 0 Å². The molecule has 0 saturated carbocycles. The summed E-state index contributed by atoms with van der Waals surface area (Å²) in [5.41, 5.74) is 4.03. The second-order valence-electron chi connectivity index (χ2n) is 6.27. The Labute approximate surface area is 118 Å². The second kappa shape index (κ2) is 7.68. The van der Waals surface area contributed by atoms with Crippen molar-refractivity contribution in [1.29, 1.82) is 0 Å². The van der Waals surface area contributed by atoms with Crippen LogP contribution in [0.2, 0.25) is 0 Å². The Morgan fingerprint density at radius 1 is 1.16 bits per heavy atom. The number of hydrogen-bond acceptors (Lipinski definition) is 2. The van der Waals surface area contributed by atoms with Crippen LogP contribution in [0.4, 0.5) is 0 Å².